The van der Waals surface area contributed by atoms with Crippen LogP contribution in [0.1, 0.15) is 15.9 Å². The minimum absolute atomic E-state index is 0.135. The minimum atomic E-state index is -3.23. The van der Waals surface area contributed by atoms with Crippen LogP contribution in [0.15, 0.2) is 24.8 Å². The summed E-state index contributed by atoms with van der Waals surface area (Å²) in [5.74, 6) is -0.859. The fourth-order valence-electron chi connectivity index (χ4n) is 1.52. The van der Waals surface area contributed by atoms with Crippen LogP contribution in [0.2, 0.25) is 5.02 Å². The number of hydrogen-bond donors (Lipinski definition) is 0. The SMILES string of the molecule is C=C(CS(C)(=O)=O)c1cccc(Cl)c1C(=O)OC. The average molecular weight is 289 g/mol. The molecule has 1 aromatic carbocycles. The second-order valence-corrected chi connectivity index (χ2v) is 6.38. The molecule has 0 saturated carbocycles. The molecule has 0 radical (unpaired) electrons. The third-order valence-electron chi connectivity index (χ3n) is 2.22. The topological polar surface area (TPSA) is 60.4 Å². The van der Waals surface area contributed by atoms with Gasteiger partial charge in [0.05, 0.1) is 23.4 Å². The van der Waals surface area contributed by atoms with Crippen LogP contribution in [0, 0.1) is 0 Å². The van der Waals surface area contributed by atoms with E-state index in [1.54, 1.807) is 12.1 Å². The van der Waals surface area contributed by atoms with Gasteiger partial charge in [-0.2, -0.15) is 0 Å². The number of carbonyl (C=O) groups is 1. The minimum Gasteiger partial charge on any atom is -0.465 e. The van der Waals surface area contributed by atoms with Crippen molar-refractivity contribution < 1.29 is 17.9 Å². The monoisotopic (exact) mass is 288 g/mol. The predicted molar refractivity (Wildman–Crippen MR) is 71.5 cm³/mol. The van der Waals surface area contributed by atoms with E-state index in [2.05, 4.69) is 11.3 Å². The van der Waals surface area contributed by atoms with Crippen LogP contribution in [-0.2, 0) is 14.6 Å². The van der Waals surface area contributed by atoms with E-state index in [0.29, 0.717) is 11.1 Å². The summed E-state index contributed by atoms with van der Waals surface area (Å²) in [6, 6.07) is 4.74. The molecule has 0 atom stereocenters. The third-order valence-corrected chi connectivity index (χ3v) is 3.41. The summed E-state index contributed by atoms with van der Waals surface area (Å²) in [7, 11) is -2.00. The number of rotatable bonds is 4. The van der Waals surface area contributed by atoms with Crippen molar-refractivity contribution >= 4 is 33.0 Å². The van der Waals surface area contributed by atoms with Gasteiger partial charge in [-0.25, -0.2) is 13.2 Å². The number of carbonyl (C=O) groups excluding carboxylic acids is 1. The van der Waals surface area contributed by atoms with Crippen LogP contribution in [0.4, 0.5) is 0 Å². The lowest BCUT2D eigenvalue weighted by atomic mass is 10.0. The van der Waals surface area contributed by atoms with Crippen LogP contribution in [0.3, 0.4) is 0 Å². The fourth-order valence-corrected chi connectivity index (χ4v) is 2.56. The summed E-state index contributed by atoms with van der Waals surface area (Å²) in [6.07, 6.45) is 1.10. The molecule has 0 heterocycles. The highest BCUT2D eigenvalue weighted by Crippen LogP contribution is 2.26. The lowest BCUT2D eigenvalue weighted by Crippen LogP contribution is -2.10. The van der Waals surface area contributed by atoms with Gasteiger partial charge in [0.1, 0.15) is 0 Å². The molecule has 1 aromatic rings. The lowest BCUT2D eigenvalue weighted by Gasteiger charge is -2.11. The molecule has 98 valence electrons. The predicted octanol–water partition coefficient (Wildman–Crippen LogP) is 2.18. The van der Waals surface area contributed by atoms with Gasteiger partial charge < -0.3 is 4.74 Å². The smallest absolute Gasteiger partial charge is 0.339 e. The number of halogens is 1. The van der Waals surface area contributed by atoms with E-state index in [0.717, 1.165) is 6.26 Å². The molecule has 0 spiro atoms. The zero-order chi connectivity index (χ0) is 13.9. The number of esters is 1. The Kier molecular flexibility index (Phi) is 4.53. The van der Waals surface area contributed by atoms with Crippen molar-refractivity contribution in [1.82, 2.24) is 0 Å². The Morgan fingerprint density at radius 3 is 2.56 bits per heavy atom. The second kappa shape index (κ2) is 5.54. The highest BCUT2D eigenvalue weighted by atomic mass is 35.5. The van der Waals surface area contributed by atoms with E-state index in [4.69, 9.17) is 11.6 Å². The number of sulfone groups is 1. The number of hydrogen-bond acceptors (Lipinski definition) is 4. The van der Waals surface area contributed by atoms with Gasteiger partial charge in [-0.15, -0.1) is 0 Å². The molecule has 0 unspecified atom stereocenters. The third kappa shape index (κ3) is 3.58. The van der Waals surface area contributed by atoms with E-state index in [-0.39, 0.29) is 16.3 Å². The number of methoxy groups -OCH3 is 1. The summed E-state index contributed by atoms with van der Waals surface area (Å²) < 4.78 is 27.1. The Morgan fingerprint density at radius 2 is 2.06 bits per heavy atom. The van der Waals surface area contributed by atoms with Crippen LogP contribution < -0.4 is 0 Å². The fraction of sp³-hybridized carbons (Fsp3) is 0.250. The maximum absolute atomic E-state index is 11.6. The van der Waals surface area contributed by atoms with Gasteiger partial charge in [0.25, 0.3) is 0 Å². The van der Waals surface area contributed by atoms with Crippen molar-refractivity contribution in [3.8, 4) is 0 Å². The molecule has 1 rings (SSSR count). The van der Waals surface area contributed by atoms with Crippen molar-refractivity contribution in [3.63, 3.8) is 0 Å². The molecule has 18 heavy (non-hydrogen) atoms. The van der Waals surface area contributed by atoms with Crippen LogP contribution in [0.5, 0.6) is 0 Å². The zero-order valence-corrected chi connectivity index (χ0v) is 11.6. The van der Waals surface area contributed by atoms with Gasteiger partial charge in [0.15, 0.2) is 9.84 Å². The Morgan fingerprint density at radius 1 is 1.44 bits per heavy atom. The van der Waals surface area contributed by atoms with Crippen molar-refractivity contribution in [2.45, 2.75) is 0 Å². The van der Waals surface area contributed by atoms with Crippen molar-refractivity contribution in [2.24, 2.45) is 0 Å². The first kappa shape index (κ1) is 14.7. The summed E-state index contributed by atoms with van der Waals surface area (Å²) in [5.41, 5.74) is 0.829. The van der Waals surface area contributed by atoms with Gasteiger partial charge >= 0.3 is 5.97 Å². The van der Waals surface area contributed by atoms with Crippen molar-refractivity contribution in [1.29, 1.82) is 0 Å². The molecule has 0 aliphatic carbocycles. The summed E-state index contributed by atoms with van der Waals surface area (Å²) in [6.45, 7) is 3.68. The summed E-state index contributed by atoms with van der Waals surface area (Å²) in [4.78, 5) is 11.6. The van der Waals surface area contributed by atoms with E-state index >= 15 is 0 Å². The Bertz CT molecular complexity index is 590. The Hall–Kier alpha value is -1.33. The maximum atomic E-state index is 11.6. The molecule has 0 N–H and O–H groups in total. The Labute approximate surface area is 111 Å². The largest absolute Gasteiger partial charge is 0.465 e. The average Bonchev–Trinajstić information content (AvgIpc) is 2.25. The van der Waals surface area contributed by atoms with E-state index < -0.39 is 15.8 Å². The number of benzene rings is 1. The molecule has 0 saturated heterocycles. The van der Waals surface area contributed by atoms with Gasteiger partial charge in [-0.3, -0.25) is 0 Å². The molecule has 6 heteroatoms. The van der Waals surface area contributed by atoms with Crippen molar-refractivity contribution in [3.05, 3.63) is 40.9 Å². The lowest BCUT2D eigenvalue weighted by molar-refractivity contribution is 0.0600. The van der Waals surface area contributed by atoms with E-state index in [1.165, 1.54) is 13.2 Å². The number of ether oxygens (including phenoxy) is 1. The molecule has 0 bridgehead atoms. The molecule has 0 amide bonds. The first-order chi connectivity index (χ1) is 8.26. The summed E-state index contributed by atoms with van der Waals surface area (Å²) >= 11 is 5.93. The van der Waals surface area contributed by atoms with Crippen molar-refractivity contribution in [2.75, 3.05) is 19.1 Å². The molecule has 0 aromatic heterocycles. The zero-order valence-electron chi connectivity index (χ0n) is 10.1. The second-order valence-electron chi connectivity index (χ2n) is 3.83. The van der Waals surface area contributed by atoms with Crippen LogP contribution >= 0.6 is 11.6 Å². The first-order valence-corrected chi connectivity index (χ1v) is 7.43. The van der Waals surface area contributed by atoms with Crippen LogP contribution in [-0.4, -0.2) is 33.5 Å². The quantitative estimate of drug-likeness (QED) is 0.797. The van der Waals surface area contributed by atoms with Crippen LogP contribution in [0.25, 0.3) is 5.57 Å². The molecular formula is C12H13ClO4S. The van der Waals surface area contributed by atoms with Gasteiger partial charge in [0, 0.05) is 6.26 Å². The molecule has 0 aliphatic heterocycles. The normalized spacial score (nSPS) is 11.1. The molecule has 4 nitrogen and oxygen atoms in total. The van der Waals surface area contributed by atoms with Gasteiger partial charge in [-0.05, 0) is 17.2 Å². The first-order valence-electron chi connectivity index (χ1n) is 4.99. The summed E-state index contributed by atoms with van der Waals surface area (Å²) in [5, 5.41) is 0.203. The molecular weight excluding hydrogens is 276 g/mol. The van der Waals surface area contributed by atoms with E-state index in [1.807, 2.05) is 0 Å². The molecule has 0 aliphatic rings. The highest BCUT2D eigenvalue weighted by molar-refractivity contribution is 7.91. The van der Waals surface area contributed by atoms with Gasteiger partial charge in [-0.1, -0.05) is 30.3 Å². The Balaban J connectivity index is 3.29. The van der Waals surface area contributed by atoms with E-state index in [9.17, 15) is 13.2 Å². The standard InChI is InChI=1S/C12H13ClO4S/c1-8(7-18(3,15)16)9-5-4-6-10(13)11(9)12(14)17-2/h4-6H,1,7H2,2-3H3. The van der Waals surface area contributed by atoms with Gasteiger partial charge in [0.2, 0.25) is 0 Å². The maximum Gasteiger partial charge on any atom is 0.339 e. The molecule has 0 fully saturated rings. The highest BCUT2D eigenvalue weighted by Gasteiger charge is 2.19.